The van der Waals surface area contributed by atoms with Crippen LogP contribution in [-0.2, 0) is 29.0 Å². The molecule has 0 fully saturated rings. The van der Waals surface area contributed by atoms with E-state index in [1.54, 1.807) is 6.20 Å². The molecule has 0 saturated carbocycles. The third kappa shape index (κ3) is 2.65. The van der Waals surface area contributed by atoms with Crippen LogP contribution in [0.5, 0.6) is 0 Å². The van der Waals surface area contributed by atoms with Crippen molar-refractivity contribution in [2.75, 3.05) is 13.6 Å². The lowest BCUT2D eigenvalue weighted by molar-refractivity contribution is -0.148. The summed E-state index contributed by atoms with van der Waals surface area (Å²) in [5, 5.41) is 1.16. The van der Waals surface area contributed by atoms with Crippen molar-refractivity contribution in [2.24, 2.45) is 0 Å². The molecule has 0 saturated heterocycles. The van der Waals surface area contributed by atoms with Gasteiger partial charge in [0.25, 0.3) is 0 Å². The Balaban J connectivity index is 2.04. The highest BCUT2D eigenvalue weighted by atomic mass is 16.5. The first kappa shape index (κ1) is 14.1. The van der Waals surface area contributed by atoms with Crippen molar-refractivity contribution < 1.29 is 9.53 Å². The molecule has 0 amide bonds. The van der Waals surface area contributed by atoms with E-state index in [4.69, 9.17) is 4.74 Å². The first-order valence-corrected chi connectivity index (χ1v) is 7.39. The Hall–Kier alpha value is -1.88. The molecule has 3 rings (SSSR count). The fourth-order valence-electron chi connectivity index (χ4n) is 2.99. The molecule has 1 aliphatic rings. The van der Waals surface area contributed by atoms with Crippen LogP contribution in [0.3, 0.4) is 0 Å². The number of hydrogen-bond acceptors (Lipinski definition) is 4. The third-order valence-corrected chi connectivity index (χ3v) is 3.86. The number of likely N-dealkylation sites (N-methyl/N-ethyl adjacent to an activating group) is 1. The number of rotatable bonds is 3. The third-order valence-electron chi connectivity index (χ3n) is 3.86. The molecule has 0 bridgehead atoms. The van der Waals surface area contributed by atoms with E-state index in [2.05, 4.69) is 23.0 Å². The Morgan fingerprint density at radius 3 is 3.05 bits per heavy atom. The van der Waals surface area contributed by atoms with Crippen LogP contribution in [0.2, 0.25) is 0 Å². The average Bonchev–Trinajstić information content (AvgIpc) is 2.72. The summed E-state index contributed by atoms with van der Waals surface area (Å²) in [5.74, 6) is -0.205. The maximum Gasteiger partial charge on any atom is 0.326 e. The van der Waals surface area contributed by atoms with Crippen LogP contribution in [0.25, 0.3) is 11.0 Å². The Labute approximate surface area is 124 Å². The summed E-state index contributed by atoms with van der Waals surface area (Å²) in [6.07, 6.45) is 2.69. The van der Waals surface area contributed by atoms with E-state index < -0.39 is 0 Å². The van der Waals surface area contributed by atoms with Crippen molar-refractivity contribution in [3.05, 3.63) is 29.6 Å². The van der Waals surface area contributed by atoms with Gasteiger partial charge in [0.15, 0.2) is 0 Å². The summed E-state index contributed by atoms with van der Waals surface area (Å²) >= 11 is 0. The topological polar surface area (TPSA) is 47.4 Å². The van der Waals surface area contributed by atoms with Gasteiger partial charge >= 0.3 is 5.97 Å². The number of esters is 1. The molecule has 5 nitrogen and oxygen atoms in total. The molecule has 0 radical (unpaired) electrons. The summed E-state index contributed by atoms with van der Waals surface area (Å²) in [5.41, 5.74) is 3.41. The summed E-state index contributed by atoms with van der Waals surface area (Å²) in [4.78, 5) is 18.8. The molecule has 0 aliphatic carbocycles. The predicted molar refractivity (Wildman–Crippen MR) is 81.0 cm³/mol. The number of pyridine rings is 1. The minimum absolute atomic E-state index is 0.0919. The highest BCUT2D eigenvalue weighted by Crippen LogP contribution is 2.29. The van der Waals surface area contributed by atoms with Gasteiger partial charge in [0.1, 0.15) is 12.2 Å². The molecule has 5 heteroatoms. The van der Waals surface area contributed by atoms with E-state index in [-0.39, 0.29) is 18.6 Å². The van der Waals surface area contributed by atoms with E-state index in [9.17, 15) is 4.79 Å². The van der Waals surface area contributed by atoms with E-state index in [0.29, 0.717) is 0 Å². The molecule has 2 aromatic heterocycles. The first-order valence-electron chi connectivity index (χ1n) is 7.39. The molecule has 0 spiro atoms. The lowest BCUT2D eigenvalue weighted by atomic mass is 10.0. The Morgan fingerprint density at radius 2 is 2.29 bits per heavy atom. The Morgan fingerprint density at radius 1 is 1.48 bits per heavy atom. The fraction of sp³-hybridized carbons (Fsp3) is 0.500. The lowest BCUT2D eigenvalue weighted by Crippen LogP contribution is -2.29. The van der Waals surface area contributed by atoms with Gasteiger partial charge in [-0.3, -0.25) is 4.79 Å². The average molecular weight is 287 g/mol. The molecule has 0 atom stereocenters. The Kier molecular flexibility index (Phi) is 3.68. The summed E-state index contributed by atoms with van der Waals surface area (Å²) in [6.45, 7) is 5.85. The second kappa shape index (κ2) is 5.48. The maximum absolute atomic E-state index is 12.0. The van der Waals surface area contributed by atoms with Crippen LogP contribution in [0, 0.1) is 0 Å². The highest BCUT2D eigenvalue weighted by Gasteiger charge is 2.24. The van der Waals surface area contributed by atoms with E-state index in [0.717, 1.165) is 30.5 Å². The van der Waals surface area contributed by atoms with Crippen molar-refractivity contribution in [1.82, 2.24) is 14.5 Å². The lowest BCUT2D eigenvalue weighted by Gasteiger charge is -2.24. The summed E-state index contributed by atoms with van der Waals surface area (Å²) < 4.78 is 7.31. The van der Waals surface area contributed by atoms with Crippen LogP contribution < -0.4 is 0 Å². The molecule has 2 aromatic rings. The van der Waals surface area contributed by atoms with E-state index in [1.807, 2.05) is 24.5 Å². The molecule has 1 aliphatic heterocycles. The second-order valence-corrected chi connectivity index (χ2v) is 5.91. The van der Waals surface area contributed by atoms with Gasteiger partial charge in [0.05, 0.1) is 6.10 Å². The molecule has 0 aromatic carbocycles. The molecule has 0 unspecified atom stereocenters. The number of aromatic nitrogens is 2. The normalized spacial score (nSPS) is 15.4. The fourth-order valence-corrected chi connectivity index (χ4v) is 2.99. The van der Waals surface area contributed by atoms with Crippen LogP contribution in [0.15, 0.2) is 18.3 Å². The molecule has 21 heavy (non-hydrogen) atoms. The molecule has 3 heterocycles. The van der Waals surface area contributed by atoms with Crippen molar-refractivity contribution in [2.45, 2.75) is 39.5 Å². The zero-order valence-electron chi connectivity index (χ0n) is 12.8. The smallest absolute Gasteiger partial charge is 0.326 e. The number of ether oxygens (including phenoxy) is 1. The molecular formula is C16H21N3O2. The van der Waals surface area contributed by atoms with Gasteiger partial charge < -0.3 is 14.2 Å². The zero-order chi connectivity index (χ0) is 15.0. The number of hydrogen-bond donors (Lipinski definition) is 0. The van der Waals surface area contributed by atoms with E-state index >= 15 is 0 Å². The maximum atomic E-state index is 12.0. The van der Waals surface area contributed by atoms with Crippen molar-refractivity contribution >= 4 is 17.0 Å². The number of carbonyl (C=O) groups excluding carboxylic acids is 1. The van der Waals surface area contributed by atoms with Crippen LogP contribution in [0.4, 0.5) is 0 Å². The highest BCUT2D eigenvalue weighted by molar-refractivity contribution is 5.84. The number of carbonyl (C=O) groups is 1. The van der Waals surface area contributed by atoms with Crippen molar-refractivity contribution in [3.8, 4) is 0 Å². The van der Waals surface area contributed by atoms with Gasteiger partial charge in [-0.15, -0.1) is 0 Å². The van der Waals surface area contributed by atoms with Gasteiger partial charge in [0, 0.05) is 30.4 Å². The monoisotopic (exact) mass is 287 g/mol. The van der Waals surface area contributed by atoms with Gasteiger partial charge in [-0.05, 0) is 45.0 Å². The Bertz CT molecular complexity index is 675. The minimum Gasteiger partial charge on any atom is -0.462 e. The minimum atomic E-state index is -0.205. The van der Waals surface area contributed by atoms with Gasteiger partial charge in [0.2, 0.25) is 0 Å². The largest absolute Gasteiger partial charge is 0.462 e. The number of nitrogens with zero attached hydrogens (tertiary/aromatic N) is 3. The second-order valence-electron chi connectivity index (χ2n) is 5.91. The summed E-state index contributed by atoms with van der Waals surface area (Å²) in [7, 11) is 2.10. The van der Waals surface area contributed by atoms with Gasteiger partial charge in [-0.2, -0.15) is 0 Å². The molecule has 0 N–H and O–H groups in total. The molecule has 112 valence electrons. The van der Waals surface area contributed by atoms with Crippen molar-refractivity contribution in [3.63, 3.8) is 0 Å². The number of fused-ring (bicyclic) bond motifs is 3. The van der Waals surface area contributed by atoms with Crippen LogP contribution >= 0.6 is 0 Å². The summed E-state index contributed by atoms with van der Waals surface area (Å²) in [6, 6.07) is 4.05. The SMILES string of the molecule is CC(C)OC(=O)Cn1c2c(c3cccnc31)CCN(C)C2. The standard InChI is InChI=1S/C16H21N3O2/c1-11(2)21-15(20)10-19-14-9-18(3)8-6-12(14)13-5-4-7-17-16(13)19/h4-5,7,11H,6,8-10H2,1-3H3. The van der Waals surface area contributed by atoms with Gasteiger partial charge in [-0.25, -0.2) is 4.98 Å². The van der Waals surface area contributed by atoms with Gasteiger partial charge in [-0.1, -0.05) is 0 Å². The van der Waals surface area contributed by atoms with E-state index in [1.165, 1.54) is 11.3 Å². The van der Waals surface area contributed by atoms with Crippen molar-refractivity contribution in [1.29, 1.82) is 0 Å². The predicted octanol–water partition coefficient (Wildman–Crippen LogP) is 1.98. The molecular weight excluding hydrogens is 266 g/mol. The zero-order valence-corrected chi connectivity index (χ0v) is 12.8. The quantitative estimate of drug-likeness (QED) is 0.810. The van der Waals surface area contributed by atoms with Crippen LogP contribution in [0.1, 0.15) is 25.1 Å². The van der Waals surface area contributed by atoms with Crippen LogP contribution in [-0.4, -0.2) is 40.1 Å². The first-order chi connectivity index (χ1) is 10.1.